The molecule has 3 N–H and O–H groups in total. The van der Waals surface area contributed by atoms with Gasteiger partial charge < -0.3 is 15.8 Å². The fourth-order valence-electron chi connectivity index (χ4n) is 1.43. The minimum absolute atomic E-state index is 0.0569. The molecule has 7 heteroatoms. The van der Waals surface area contributed by atoms with Gasteiger partial charge in [-0.2, -0.15) is 0 Å². The van der Waals surface area contributed by atoms with Crippen molar-refractivity contribution >= 4 is 28.3 Å². The first kappa shape index (κ1) is 14.4. The van der Waals surface area contributed by atoms with Crippen LogP contribution in [0.1, 0.15) is 17.4 Å². The molecule has 0 amide bonds. The molecule has 0 spiro atoms. The smallest absolute Gasteiger partial charge is 0.356 e. The highest BCUT2D eigenvalue weighted by Gasteiger charge is 2.12. The van der Waals surface area contributed by atoms with E-state index in [4.69, 9.17) is 5.73 Å². The lowest BCUT2D eigenvalue weighted by molar-refractivity contribution is 0.0594. The summed E-state index contributed by atoms with van der Waals surface area (Å²) in [4.78, 5) is 15.4. The minimum Gasteiger partial charge on any atom is -0.464 e. The zero-order valence-corrected chi connectivity index (χ0v) is 11.4. The summed E-state index contributed by atoms with van der Waals surface area (Å²) >= 11 is 0. The standard InChI is InChI=1S/C11H17N3O3S/c1-7(6-18(3)16)13-10-8(12)4-5-9(14-10)11(15)17-2/h4-5,7H,6,12H2,1-3H3,(H,13,14). The van der Waals surface area contributed by atoms with Crippen LogP contribution in [0.2, 0.25) is 0 Å². The Morgan fingerprint density at radius 3 is 2.83 bits per heavy atom. The summed E-state index contributed by atoms with van der Waals surface area (Å²) in [5, 5.41) is 3.02. The Labute approximate surface area is 108 Å². The minimum atomic E-state index is -0.914. The van der Waals surface area contributed by atoms with E-state index in [-0.39, 0.29) is 11.7 Å². The van der Waals surface area contributed by atoms with E-state index in [0.717, 1.165) is 0 Å². The Morgan fingerprint density at radius 1 is 1.61 bits per heavy atom. The van der Waals surface area contributed by atoms with Gasteiger partial charge in [0.2, 0.25) is 0 Å². The molecule has 0 saturated carbocycles. The average Bonchev–Trinajstić information content (AvgIpc) is 2.30. The number of anilines is 2. The van der Waals surface area contributed by atoms with Crippen LogP contribution >= 0.6 is 0 Å². The van der Waals surface area contributed by atoms with Crippen molar-refractivity contribution in [1.82, 2.24) is 4.98 Å². The Bertz CT molecular complexity index is 465. The lowest BCUT2D eigenvalue weighted by Crippen LogP contribution is -2.24. The van der Waals surface area contributed by atoms with Crippen molar-refractivity contribution in [3.8, 4) is 0 Å². The van der Waals surface area contributed by atoms with Gasteiger partial charge in [-0.05, 0) is 19.1 Å². The number of hydrogen-bond acceptors (Lipinski definition) is 6. The molecule has 0 saturated heterocycles. The SMILES string of the molecule is COC(=O)c1ccc(N)c(NC(C)CS(C)=O)n1. The summed E-state index contributed by atoms with van der Waals surface area (Å²) in [5.41, 5.74) is 6.36. The second-order valence-corrected chi connectivity index (χ2v) is 5.39. The van der Waals surface area contributed by atoms with Gasteiger partial charge in [0.25, 0.3) is 0 Å². The van der Waals surface area contributed by atoms with E-state index in [2.05, 4.69) is 15.0 Å². The van der Waals surface area contributed by atoms with Crippen LogP contribution in [0.5, 0.6) is 0 Å². The van der Waals surface area contributed by atoms with E-state index in [1.165, 1.54) is 13.2 Å². The quantitative estimate of drug-likeness (QED) is 0.763. The molecule has 0 radical (unpaired) electrons. The van der Waals surface area contributed by atoms with Crippen molar-refractivity contribution in [2.24, 2.45) is 0 Å². The first-order chi connectivity index (χ1) is 8.43. The molecule has 0 aliphatic carbocycles. The molecule has 6 nitrogen and oxygen atoms in total. The highest BCUT2D eigenvalue weighted by molar-refractivity contribution is 7.84. The summed E-state index contributed by atoms with van der Waals surface area (Å²) in [7, 11) is 0.374. The number of aromatic nitrogens is 1. The number of carbonyl (C=O) groups is 1. The van der Waals surface area contributed by atoms with Gasteiger partial charge >= 0.3 is 5.97 Å². The molecule has 1 aromatic heterocycles. The number of carbonyl (C=O) groups excluding carboxylic acids is 1. The van der Waals surface area contributed by atoms with E-state index < -0.39 is 16.8 Å². The molecule has 2 atom stereocenters. The third-order valence-electron chi connectivity index (χ3n) is 2.19. The summed E-state index contributed by atoms with van der Waals surface area (Å²) < 4.78 is 15.7. The lowest BCUT2D eigenvalue weighted by atomic mass is 10.3. The number of pyridine rings is 1. The number of ether oxygens (including phenoxy) is 1. The summed E-state index contributed by atoms with van der Waals surface area (Å²) in [6.07, 6.45) is 1.62. The predicted octanol–water partition coefficient (Wildman–Crippen LogP) is 0.629. The van der Waals surface area contributed by atoms with Crippen LogP contribution in [0, 0.1) is 0 Å². The van der Waals surface area contributed by atoms with E-state index in [1.807, 2.05) is 6.92 Å². The van der Waals surface area contributed by atoms with E-state index >= 15 is 0 Å². The van der Waals surface area contributed by atoms with Crippen LogP contribution in [-0.2, 0) is 15.5 Å². The van der Waals surface area contributed by atoms with Crippen molar-refractivity contribution in [1.29, 1.82) is 0 Å². The first-order valence-electron chi connectivity index (χ1n) is 5.35. The van der Waals surface area contributed by atoms with Crippen LogP contribution in [0.3, 0.4) is 0 Å². The third-order valence-corrected chi connectivity index (χ3v) is 3.16. The van der Waals surface area contributed by atoms with Crippen LogP contribution in [0.25, 0.3) is 0 Å². The number of nitrogens with one attached hydrogen (secondary N) is 1. The van der Waals surface area contributed by atoms with Crippen molar-refractivity contribution < 1.29 is 13.7 Å². The van der Waals surface area contributed by atoms with Crippen molar-refractivity contribution in [3.63, 3.8) is 0 Å². The fraction of sp³-hybridized carbons (Fsp3) is 0.455. The Kier molecular flexibility index (Phi) is 5.08. The largest absolute Gasteiger partial charge is 0.464 e. The number of rotatable bonds is 5. The van der Waals surface area contributed by atoms with Gasteiger partial charge in [-0.25, -0.2) is 9.78 Å². The van der Waals surface area contributed by atoms with Gasteiger partial charge in [0.05, 0.1) is 12.8 Å². The fourth-order valence-corrected chi connectivity index (χ4v) is 2.22. The molecule has 0 bridgehead atoms. The molecule has 0 aromatic carbocycles. The average molecular weight is 271 g/mol. The molecular weight excluding hydrogens is 254 g/mol. The van der Waals surface area contributed by atoms with Gasteiger partial charge in [-0.15, -0.1) is 0 Å². The highest BCUT2D eigenvalue weighted by atomic mass is 32.2. The van der Waals surface area contributed by atoms with Crippen LogP contribution in [0.4, 0.5) is 11.5 Å². The van der Waals surface area contributed by atoms with Gasteiger partial charge in [0, 0.05) is 28.9 Å². The van der Waals surface area contributed by atoms with E-state index in [9.17, 15) is 9.00 Å². The maximum Gasteiger partial charge on any atom is 0.356 e. The molecule has 1 rings (SSSR count). The molecule has 0 aliphatic heterocycles. The number of methoxy groups -OCH3 is 1. The van der Waals surface area contributed by atoms with Gasteiger partial charge in [0.1, 0.15) is 5.82 Å². The Morgan fingerprint density at radius 2 is 2.28 bits per heavy atom. The zero-order chi connectivity index (χ0) is 13.7. The zero-order valence-electron chi connectivity index (χ0n) is 10.6. The predicted molar refractivity (Wildman–Crippen MR) is 72.0 cm³/mol. The highest BCUT2D eigenvalue weighted by Crippen LogP contribution is 2.17. The molecular formula is C11H17N3O3S. The Balaban J connectivity index is 2.87. The lowest BCUT2D eigenvalue weighted by Gasteiger charge is -2.15. The van der Waals surface area contributed by atoms with E-state index in [0.29, 0.717) is 17.3 Å². The molecule has 18 heavy (non-hydrogen) atoms. The van der Waals surface area contributed by atoms with Gasteiger partial charge in [0.15, 0.2) is 5.69 Å². The topological polar surface area (TPSA) is 94.3 Å². The van der Waals surface area contributed by atoms with Crippen LogP contribution in [-0.4, -0.2) is 40.3 Å². The summed E-state index contributed by atoms with van der Waals surface area (Å²) in [6, 6.07) is 3.02. The summed E-state index contributed by atoms with van der Waals surface area (Å²) in [5.74, 6) is 0.351. The normalized spacial score (nSPS) is 13.7. The second-order valence-electron chi connectivity index (χ2n) is 3.91. The van der Waals surface area contributed by atoms with E-state index in [1.54, 1.807) is 12.3 Å². The number of nitrogen functional groups attached to an aromatic ring is 1. The molecule has 0 aliphatic rings. The number of esters is 1. The monoisotopic (exact) mass is 271 g/mol. The molecule has 1 heterocycles. The third kappa shape index (κ3) is 3.99. The number of nitrogens with zero attached hydrogens (tertiary/aromatic N) is 1. The number of nitrogens with two attached hydrogens (primary N) is 1. The maximum atomic E-state index is 11.3. The van der Waals surface area contributed by atoms with Crippen LogP contribution < -0.4 is 11.1 Å². The van der Waals surface area contributed by atoms with Crippen molar-refractivity contribution in [2.45, 2.75) is 13.0 Å². The Hall–Kier alpha value is -1.63. The molecule has 0 fully saturated rings. The van der Waals surface area contributed by atoms with Crippen molar-refractivity contribution in [3.05, 3.63) is 17.8 Å². The number of hydrogen-bond donors (Lipinski definition) is 2. The van der Waals surface area contributed by atoms with Gasteiger partial charge in [-0.3, -0.25) is 4.21 Å². The first-order valence-corrected chi connectivity index (χ1v) is 7.08. The second kappa shape index (κ2) is 6.34. The molecule has 1 aromatic rings. The van der Waals surface area contributed by atoms with Gasteiger partial charge in [-0.1, -0.05) is 0 Å². The summed E-state index contributed by atoms with van der Waals surface area (Å²) in [6.45, 7) is 1.87. The van der Waals surface area contributed by atoms with Crippen molar-refractivity contribution in [2.75, 3.05) is 30.2 Å². The molecule has 100 valence electrons. The van der Waals surface area contributed by atoms with Crippen LogP contribution in [0.15, 0.2) is 12.1 Å². The maximum absolute atomic E-state index is 11.3. The molecule has 2 unspecified atom stereocenters.